The van der Waals surface area contributed by atoms with Gasteiger partial charge in [-0.15, -0.1) is 0 Å². The smallest absolute Gasteiger partial charge is 0.271 e. The maximum Gasteiger partial charge on any atom is 0.271 e. The van der Waals surface area contributed by atoms with Crippen LogP contribution in [0.4, 0.5) is 11.4 Å². The van der Waals surface area contributed by atoms with Crippen molar-refractivity contribution in [2.75, 3.05) is 11.9 Å². The van der Waals surface area contributed by atoms with Crippen molar-refractivity contribution < 1.29 is 14.5 Å². The lowest BCUT2D eigenvalue weighted by Crippen LogP contribution is -2.32. The Morgan fingerprint density at radius 3 is 2.59 bits per heavy atom. The molecule has 27 heavy (non-hydrogen) atoms. The molecule has 0 aromatic heterocycles. The lowest BCUT2D eigenvalue weighted by molar-refractivity contribution is -0.384. The van der Waals surface area contributed by atoms with Gasteiger partial charge in [-0.05, 0) is 49.0 Å². The highest BCUT2D eigenvalue weighted by Gasteiger charge is 2.10. The number of nitrogens with zero attached hydrogens (tertiary/aromatic N) is 1. The van der Waals surface area contributed by atoms with E-state index in [4.69, 9.17) is 28.6 Å². The van der Waals surface area contributed by atoms with Crippen LogP contribution in [0, 0.1) is 10.1 Å². The van der Waals surface area contributed by atoms with Gasteiger partial charge in [0.25, 0.3) is 5.69 Å². The third kappa shape index (κ3) is 6.36. The molecule has 0 fully saturated rings. The number of carbonyl (C=O) groups excluding carboxylic acids is 1. The summed E-state index contributed by atoms with van der Waals surface area (Å²) in [6.45, 7) is 2.49. The third-order valence-electron chi connectivity index (χ3n) is 3.27. The monoisotopic (exact) mass is 405 g/mol. The van der Waals surface area contributed by atoms with E-state index in [1.54, 1.807) is 6.08 Å². The molecule has 0 saturated carbocycles. The Labute approximate surface area is 166 Å². The first-order chi connectivity index (χ1) is 12.9. The molecule has 0 aliphatic rings. The second-order valence-corrected chi connectivity index (χ2v) is 6.02. The number of thiocarbonyl (C=S) groups is 1. The van der Waals surface area contributed by atoms with E-state index in [2.05, 4.69) is 10.6 Å². The molecule has 0 radical (unpaired) electrons. The number of anilines is 1. The van der Waals surface area contributed by atoms with Crippen molar-refractivity contribution in [3.63, 3.8) is 0 Å². The van der Waals surface area contributed by atoms with Gasteiger partial charge in [0, 0.05) is 18.2 Å². The minimum absolute atomic E-state index is 0.0205. The van der Waals surface area contributed by atoms with Crippen LogP contribution in [0.25, 0.3) is 6.08 Å². The zero-order valence-corrected chi connectivity index (χ0v) is 15.8. The summed E-state index contributed by atoms with van der Waals surface area (Å²) in [7, 11) is 0. The molecule has 7 nitrogen and oxygen atoms in total. The van der Waals surface area contributed by atoms with Crippen LogP contribution >= 0.6 is 23.8 Å². The average Bonchev–Trinajstić information content (AvgIpc) is 2.63. The molecule has 0 spiro atoms. The topological polar surface area (TPSA) is 93.5 Å². The van der Waals surface area contributed by atoms with Gasteiger partial charge in [0.05, 0.1) is 22.2 Å². The minimum atomic E-state index is -0.554. The van der Waals surface area contributed by atoms with Crippen LogP contribution in [0.3, 0.4) is 0 Å². The van der Waals surface area contributed by atoms with Gasteiger partial charge in [0.1, 0.15) is 5.75 Å². The third-order valence-corrected chi connectivity index (χ3v) is 3.78. The Bertz CT molecular complexity index is 885. The van der Waals surface area contributed by atoms with E-state index in [0.29, 0.717) is 12.3 Å². The molecule has 140 valence electrons. The largest absolute Gasteiger partial charge is 0.494 e. The molecule has 0 aliphatic heterocycles. The molecular formula is C18H16ClN3O4S. The van der Waals surface area contributed by atoms with Crippen molar-refractivity contribution in [3.8, 4) is 5.75 Å². The first-order valence-electron chi connectivity index (χ1n) is 7.86. The number of halogens is 1. The van der Waals surface area contributed by atoms with E-state index in [9.17, 15) is 14.9 Å². The Balaban J connectivity index is 1.91. The summed E-state index contributed by atoms with van der Waals surface area (Å²) < 4.78 is 5.35. The van der Waals surface area contributed by atoms with Crippen molar-refractivity contribution in [2.45, 2.75) is 6.92 Å². The quantitative estimate of drug-likeness (QED) is 0.324. The summed E-state index contributed by atoms with van der Waals surface area (Å²) in [5.74, 6) is 0.323. The molecule has 9 heteroatoms. The summed E-state index contributed by atoms with van der Waals surface area (Å²) in [4.78, 5) is 22.1. The fraction of sp³-hybridized carbons (Fsp3) is 0.111. The van der Waals surface area contributed by atoms with Crippen molar-refractivity contribution in [1.29, 1.82) is 0 Å². The van der Waals surface area contributed by atoms with Crippen LogP contribution < -0.4 is 15.4 Å². The number of hydrogen-bond acceptors (Lipinski definition) is 5. The standard InChI is InChI=1S/C18H16ClN3O4S/c1-2-26-14-7-3-12(4-8-14)5-10-17(23)21-18(27)20-16-9-6-13(22(24)25)11-15(16)19/h3-11H,2H2,1H3,(H2,20,21,23,27)/b10-5+. The van der Waals surface area contributed by atoms with Gasteiger partial charge >= 0.3 is 0 Å². The maximum absolute atomic E-state index is 11.9. The number of nitro groups is 1. The normalized spacial score (nSPS) is 10.4. The van der Waals surface area contributed by atoms with Gasteiger partial charge in [-0.25, -0.2) is 0 Å². The predicted molar refractivity (Wildman–Crippen MR) is 109 cm³/mol. The highest BCUT2D eigenvalue weighted by Crippen LogP contribution is 2.26. The molecular weight excluding hydrogens is 390 g/mol. The highest BCUT2D eigenvalue weighted by atomic mass is 35.5. The molecule has 2 aromatic rings. The number of hydrogen-bond donors (Lipinski definition) is 2. The average molecular weight is 406 g/mol. The van der Waals surface area contributed by atoms with Crippen molar-refractivity contribution in [1.82, 2.24) is 5.32 Å². The lowest BCUT2D eigenvalue weighted by atomic mass is 10.2. The summed E-state index contributed by atoms with van der Waals surface area (Å²) in [6.07, 6.45) is 2.97. The molecule has 0 unspecified atom stereocenters. The van der Waals surface area contributed by atoms with Crippen LogP contribution in [0.5, 0.6) is 5.75 Å². The zero-order valence-electron chi connectivity index (χ0n) is 14.3. The predicted octanol–water partition coefficient (Wildman–Crippen LogP) is 4.17. The van der Waals surface area contributed by atoms with Gasteiger partial charge in [-0.3, -0.25) is 20.2 Å². The molecule has 2 aromatic carbocycles. The van der Waals surface area contributed by atoms with E-state index >= 15 is 0 Å². The number of carbonyl (C=O) groups is 1. The molecule has 0 saturated heterocycles. The van der Waals surface area contributed by atoms with E-state index < -0.39 is 10.8 Å². The van der Waals surface area contributed by atoms with Gasteiger partial charge < -0.3 is 10.1 Å². The second-order valence-electron chi connectivity index (χ2n) is 5.20. The van der Waals surface area contributed by atoms with Crippen LogP contribution in [-0.4, -0.2) is 22.5 Å². The number of non-ortho nitro benzene ring substituents is 1. The molecule has 0 aliphatic carbocycles. The molecule has 0 heterocycles. The molecule has 2 rings (SSSR count). The fourth-order valence-corrected chi connectivity index (χ4v) is 2.47. The lowest BCUT2D eigenvalue weighted by Gasteiger charge is -2.09. The molecule has 0 atom stereocenters. The van der Waals surface area contributed by atoms with Gasteiger partial charge in [-0.2, -0.15) is 0 Å². The summed E-state index contributed by atoms with van der Waals surface area (Å²) in [6, 6.07) is 11.1. The minimum Gasteiger partial charge on any atom is -0.494 e. The Kier molecular flexibility index (Phi) is 7.27. The maximum atomic E-state index is 11.9. The SMILES string of the molecule is CCOc1ccc(/C=C/C(=O)NC(=S)Nc2ccc([N+](=O)[O-])cc2Cl)cc1. The van der Waals surface area contributed by atoms with E-state index in [0.717, 1.165) is 11.3 Å². The van der Waals surface area contributed by atoms with E-state index in [1.807, 2.05) is 31.2 Å². The van der Waals surface area contributed by atoms with Gasteiger partial charge in [0.15, 0.2) is 5.11 Å². The Morgan fingerprint density at radius 2 is 2.00 bits per heavy atom. The first kappa shape index (κ1) is 20.3. The fourth-order valence-electron chi connectivity index (χ4n) is 2.04. The molecule has 1 amide bonds. The van der Waals surface area contributed by atoms with Crippen LogP contribution in [0.15, 0.2) is 48.5 Å². The van der Waals surface area contributed by atoms with Gasteiger partial charge in [-0.1, -0.05) is 23.7 Å². The number of benzene rings is 2. The number of nitro benzene ring substituents is 1. The zero-order chi connectivity index (χ0) is 19.8. The second kappa shape index (κ2) is 9.65. The Hall–Kier alpha value is -2.97. The van der Waals surface area contributed by atoms with Crippen LogP contribution in [-0.2, 0) is 4.79 Å². The number of ether oxygens (including phenoxy) is 1. The number of rotatable bonds is 6. The number of amides is 1. The summed E-state index contributed by atoms with van der Waals surface area (Å²) in [5, 5.41) is 16.0. The van der Waals surface area contributed by atoms with E-state index in [-0.39, 0.29) is 15.8 Å². The van der Waals surface area contributed by atoms with Crippen molar-refractivity contribution in [3.05, 3.63) is 69.2 Å². The highest BCUT2D eigenvalue weighted by molar-refractivity contribution is 7.80. The van der Waals surface area contributed by atoms with Crippen molar-refractivity contribution >= 4 is 52.3 Å². The van der Waals surface area contributed by atoms with Crippen LogP contribution in [0.2, 0.25) is 5.02 Å². The first-order valence-corrected chi connectivity index (χ1v) is 8.64. The molecule has 0 bridgehead atoms. The van der Waals surface area contributed by atoms with Gasteiger partial charge in [0.2, 0.25) is 5.91 Å². The summed E-state index contributed by atoms with van der Waals surface area (Å²) in [5.41, 5.74) is 1.03. The molecule has 2 N–H and O–H groups in total. The van der Waals surface area contributed by atoms with Crippen molar-refractivity contribution in [2.24, 2.45) is 0 Å². The van der Waals surface area contributed by atoms with E-state index in [1.165, 1.54) is 24.3 Å². The summed E-state index contributed by atoms with van der Waals surface area (Å²) >= 11 is 11.0. The van der Waals surface area contributed by atoms with Crippen LogP contribution in [0.1, 0.15) is 12.5 Å². The Morgan fingerprint density at radius 1 is 1.30 bits per heavy atom. The number of nitrogens with one attached hydrogen (secondary N) is 2.